The molecule has 2 aliphatic carbocycles. The van der Waals surface area contributed by atoms with Gasteiger partial charge < -0.3 is 20.1 Å². The Morgan fingerprint density at radius 3 is 1.17 bits per heavy atom. The number of alkyl halides is 8. The number of hydrogen-bond acceptors (Lipinski definition) is 8. The number of rotatable bonds is 9. The molecule has 0 aromatic carbocycles. The molecule has 2 heterocycles. The first-order valence-electron chi connectivity index (χ1n) is 16.2. The van der Waals surface area contributed by atoms with Gasteiger partial charge >= 0.3 is 47.4 Å². The molecule has 52 heavy (non-hydrogen) atoms. The number of carbonyl (C=O) groups excluding carboxylic acids is 4. The second-order valence-electron chi connectivity index (χ2n) is 15.2. The highest BCUT2D eigenvalue weighted by atomic mass is 32.1. The summed E-state index contributed by atoms with van der Waals surface area (Å²) in [6.45, 7) is 11.6. The number of thiophene rings is 2. The van der Waals surface area contributed by atoms with Crippen molar-refractivity contribution in [1.82, 2.24) is 0 Å². The first-order valence-corrected chi connectivity index (χ1v) is 17.9. The van der Waals surface area contributed by atoms with E-state index in [1.165, 1.54) is 10.6 Å². The first-order chi connectivity index (χ1) is 23.6. The lowest BCUT2D eigenvalue weighted by Gasteiger charge is -2.35. The first kappa shape index (κ1) is 41.5. The van der Waals surface area contributed by atoms with Crippen molar-refractivity contribution in [2.24, 2.45) is 22.7 Å². The van der Waals surface area contributed by atoms with E-state index >= 15 is 35.1 Å². The molecule has 2 aromatic rings. The molecule has 2 aliphatic rings. The van der Waals surface area contributed by atoms with Gasteiger partial charge in [-0.25, -0.2) is 9.59 Å². The summed E-state index contributed by atoms with van der Waals surface area (Å²) in [7, 11) is 1.86. The van der Waals surface area contributed by atoms with E-state index in [1.807, 2.05) is 41.5 Å². The predicted molar refractivity (Wildman–Crippen MR) is 178 cm³/mol. The number of hydrogen-bond donors (Lipinski definition) is 2. The molecule has 2 unspecified atom stereocenters. The van der Waals surface area contributed by atoms with Gasteiger partial charge in [-0.15, -0.1) is 22.7 Å². The van der Waals surface area contributed by atoms with Crippen molar-refractivity contribution in [3.05, 3.63) is 32.0 Å². The van der Waals surface area contributed by atoms with E-state index in [9.17, 15) is 19.2 Å². The zero-order valence-electron chi connectivity index (χ0n) is 29.7. The van der Waals surface area contributed by atoms with Crippen LogP contribution in [0.4, 0.5) is 45.1 Å². The maximum atomic E-state index is 15.1. The number of nitrogens with one attached hydrogen (secondary N) is 2. The molecule has 0 saturated carbocycles. The molecule has 290 valence electrons. The third-order valence-electron chi connectivity index (χ3n) is 9.97. The highest BCUT2D eigenvalue weighted by Gasteiger charge is 2.84. The van der Waals surface area contributed by atoms with Crippen molar-refractivity contribution in [3.8, 4) is 0 Å². The Morgan fingerprint density at radius 1 is 0.596 bits per heavy atom. The molecule has 0 spiro atoms. The second kappa shape index (κ2) is 13.9. The zero-order valence-corrected chi connectivity index (χ0v) is 31.3. The molecular weight excluding hydrogens is 748 g/mol. The Hall–Kier alpha value is -3.28. The van der Waals surface area contributed by atoms with Crippen molar-refractivity contribution >= 4 is 56.4 Å². The quantitative estimate of drug-likeness (QED) is 0.194. The van der Waals surface area contributed by atoms with E-state index in [4.69, 9.17) is 0 Å². The Morgan fingerprint density at radius 2 is 0.904 bits per heavy atom. The molecule has 4 rings (SSSR count). The molecule has 2 amide bonds. The van der Waals surface area contributed by atoms with Crippen molar-refractivity contribution in [2.75, 3.05) is 24.9 Å². The fourth-order valence-electron chi connectivity index (χ4n) is 6.51. The third-order valence-corrected chi connectivity index (χ3v) is 12.3. The van der Waals surface area contributed by atoms with Gasteiger partial charge in [-0.2, -0.15) is 35.1 Å². The van der Waals surface area contributed by atoms with Crippen LogP contribution in [0.15, 0.2) is 0 Å². The van der Waals surface area contributed by atoms with E-state index in [1.54, 1.807) is 0 Å². The number of ether oxygens (including phenoxy) is 2. The zero-order chi connectivity index (χ0) is 39.6. The summed E-state index contributed by atoms with van der Waals surface area (Å²) in [5.74, 6) is -36.0. The van der Waals surface area contributed by atoms with E-state index in [0.717, 1.165) is 14.2 Å². The maximum absolute atomic E-state index is 15.1. The van der Waals surface area contributed by atoms with Crippen LogP contribution in [0.2, 0.25) is 0 Å². The molecule has 0 radical (unpaired) electrons. The van der Waals surface area contributed by atoms with Crippen LogP contribution in [0, 0.1) is 22.7 Å². The average Bonchev–Trinajstić information content (AvgIpc) is 3.59. The molecule has 2 aromatic heterocycles. The Kier molecular flexibility index (Phi) is 11.0. The normalized spacial score (nSPS) is 18.6. The van der Waals surface area contributed by atoms with Gasteiger partial charge in [-0.3, -0.25) is 9.59 Å². The largest absolute Gasteiger partial charge is 0.465 e. The summed E-state index contributed by atoms with van der Waals surface area (Å²) >= 11 is 1.14. The summed E-state index contributed by atoms with van der Waals surface area (Å²) in [5, 5.41) is 1.29. The predicted octanol–water partition coefficient (Wildman–Crippen LogP) is 8.80. The van der Waals surface area contributed by atoms with Crippen LogP contribution in [-0.4, -0.2) is 61.7 Å². The van der Waals surface area contributed by atoms with Gasteiger partial charge in [0.25, 0.3) is 0 Å². The monoisotopic (exact) mass is 788 g/mol. The lowest BCUT2D eigenvalue weighted by molar-refractivity contribution is -0.345. The number of anilines is 2. The number of fused-ring (bicyclic) bond motifs is 2. The van der Waals surface area contributed by atoms with Gasteiger partial charge in [-0.05, 0) is 72.3 Å². The van der Waals surface area contributed by atoms with E-state index in [0.29, 0.717) is 58.1 Å². The summed E-state index contributed by atoms with van der Waals surface area (Å²) in [5.41, 5.74) is -0.819. The van der Waals surface area contributed by atoms with Gasteiger partial charge in [-0.1, -0.05) is 41.5 Å². The van der Waals surface area contributed by atoms with Gasteiger partial charge in [0.05, 0.1) is 25.3 Å². The summed E-state index contributed by atoms with van der Waals surface area (Å²) in [4.78, 5) is 51.4. The number of amides is 2. The number of carbonyl (C=O) groups is 4. The van der Waals surface area contributed by atoms with E-state index in [-0.39, 0.29) is 46.6 Å². The van der Waals surface area contributed by atoms with Gasteiger partial charge in [0.1, 0.15) is 10.0 Å². The molecule has 18 heteroatoms. The van der Waals surface area contributed by atoms with Crippen LogP contribution >= 0.6 is 22.7 Å². The van der Waals surface area contributed by atoms with Crippen LogP contribution in [0.3, 0.4) is 0 Å². The minimum Gasteiger partial charge on any atom is -0.465 e. The highest BCUT2D eigenvalue weighted by Crippen LogP contribution is 2.54. The second-order valence-corrected chi connectivity index (χ2v) is 17.4. The fraction of sp³-hybridized carbons (Fsp3) is 0.647. The smallest absolute Gasteiger partial charge is 0.393 e. The van der Waals surface area contributed by atoms with Gasteiger partial charge in [0, 0.05) is 9.75 Å². The summed E-state index contributed by atoms with van der Waals surface area (Å²) in [6.07, 6.45) is 2.07. The van der Waals surface area contributed by atoms with Crippen molar-refractivity contribution in [2.45, 2.75) is 104 Å². The number of methoxy groups -OCH3 is 2. The lowest BCUT2D eigenvalue weighted by Crippen LogP contribution is -2.67. The van der Waals surface area contributed by atoms with Crippen LogP contribution in [0.25, 0.3) is 0 Å². The van der Waals surface area contributed by atoms with E-state index in [2.05, 4.69) is 9.47 Å². The topological polar surface area (TPSA) is 111 Å². The van der Waals surface area contributed by atoms with Gasteiger partial charge in [0.2, 0.25) is 0 Å². The minimum absolute atomic E-state index is 0.0225. The number of esters is 2. The van der Waals surface area contributed by atoms with Crippen LogP contribution in [-0.2, 0) is 44.7 Å². The SMILES string of the molecule is COC(=O)c1c(NC(=O)C(F)(F)C(F)(F)C(F)(F)C(F)(F)C(=O)Nc2sc3c(c2C(=O)OC)CCC(C(C)(C)C)C3)sc2c1CCC(C(C)(C)C)C2. The summed E-state index contributed by atoms with van der Waals surface area (Å²) < 4.78 is 130. The molecule has 0 saturated heterocycles. The average molecular weight is 789 g/mol. The van der Waals surface area contributed by atoms with E-state index < -0.39 is 68.6 Å². The summed E-state index contributed by atoms with van der Waals surface area (Å²) in [6, 6.07) is 0. The standard InChI is InChI=1S/C34H40F8N2O6S2/c1-29(2,3)15-9-11-17-19(13-15)51-23(21(17)25(45)49-7)43-27(47)31(35,36)33(39,40)34(41,42)32(37,38)28(48)44-24-22(26(46)50-8)18-12-10-16(30(4,5)6)14-20(18)52-24/h15-16H,9-14H2,1-8H3,(H,43,47)(H,44,48). The molecule has 0 fully saturated rings. The Bertz CT molecular complexity index is 1630. The molecule has 0 bridgehead atoms. The molecule has 0 aliphatic heterocycles. The minimum atomic E-state index is -7.18. The van der Waals surface area contributed by atoms with Crippen molar-refractivity contribution in [3.63, 3.8) is 0 Å². The highest BCUT2D eigenvalue weighted by molar-refractivity contribution is 7.17. The van der Waals surface area contributed by atoms with Crippen LogP contribution in [0.5, 0.6) is 0 Å². The van der Waals surface area contributed by atoms with Crippen molar-refractivity contribution < 1.29 is 63.8 Å². The number of halogens is 8. The maximum Gasteiger partial charge on any atom is 0.393 e. The molecule has 2 N–H and O–H groups in total. The molecule has 8 nitrogen and oxygen atoms in total. The molecular formula is C34H40F8N2O6S2. The fourth-order valence-corrected chi connectivity index (χ4v) is 9.13. The Balaban J connectivity index is 1.64. The van der Waals surface area contributed by atoms with Gasteiger partial charge in [0.15, 0.2) is 0 Å². The van der Waals surface area contributed by atoms with Crippen LogP contribution < -0.4 is 10.6 Å². The Labute approximate surface area is 303 Å². The third kappa shape index (κ3) is 7.05. The molecule has 2 atom stereocenters. The lowest BCUT2D eigenvalue weighted by atomic mass is 9.72. The van der Waals surface area contributed by atoms with Crippen molar-refractivity contribution in [1.29, 1.82) is 0 Å². The van der Waals surface area contributed by atoms with Crippen LogP contribution in [0.1, 0.15) is 96.0 Å².